The third-order valence-corrected chi connectivity index (χ3v) is 3.73. The van der Waals surface area contributed by atoms with Crippen LogP contribution in [0.15, 0.2) is 24.3 Å². The Bertz CT molecular complexity index is 386. The summed E-state index contributed by atoms with van der Waals surface area (Å²) in [5.74, 6) is 0. The zero-order valence-electron chi connectivity index (χ0n) is 10.8. The van der Waals surface area contributed by atoms with Crippen molar-refractivity contribution in [3.05, 3.63) is 34.9 Å². The monoisotopic (exact) mass is 268 g/mol. The Labute approximate surface area is 114 Å². The molecule has 0 aliphatic carbocycles. The third-order valence-electron chi connectivity index (χ3n) is 3.39. The first-order valence-electron chi connectivity index (χ1n) is 6.51. The summed E-state index contributed by atoms with van der Waals surface area (Å²) in [5.41, 5.74) is 7.25. The second-order valence-corrected chi connectivity index (χ2v) is 5.31. The molecule has 1 heterocycles. The fraction of sp³-hybridized carbons (Fsp3) is 0.571. The zero-order chi connectivity index (χ0) is 13.0. The van der Waals surface area contributed by atoms with Crippen molar-refractivity contribution in [2.45, 2.75) is 25.5 Å². The maximum absolute atomic E-state index is 6.21. The number of morpholine rings is 1. The number of nitrogens with zero attached hydrogens (tertiary/aromatic N) is 1. The number of hydrogen-bond donors (Lipinski definition) is 1. The van der Waals surface area contributed by atoms with Crippen molar-refractivity contribution in [1.29, 1.82) is 0 Å². The van der Waals surface area contributed by atoms with E-state index in [9.17, 15) is 0 Å². The molecule has 0 spiro atoms. The van der Waals surface area contributed by atoms with E-state index in [1.54, 1.807) is 0 Å². The molecular formula is C14H21ClN2O. The van der Waals surface area contributed by atoms with E-state index >= 15 is 0 Å². The van der Waals surface area contributed by atoms with Gasteiger partial charge in [-0.2, -0.15) is 0 Å². The SMILES string of the molecule is CC1CN(CCC(N)c2ccccc2Cl)CCO1. The minimum absolute atomic E-state index is 0.0110. The van der Waals surface area contributed by atoms with Gasteiger partial charge < -0.3 is 10.5 Å². The minimum atomic E-state index is 0.0110. The quantitative estimate of drug-likeness (QED) is 0.912. The molecule has 0 radical (unpaired) electrons. The predicted molar refractivity (Wildman–Crippen MR) is 74.9 cm³/mol. The number of ether oxygens (including phenoxy) is 1. The molecule has 1 fully saturated rings. The van der Waals surface area contributed by atoms with Crippen molar-refractivity contribution in [3.63, 3.8) is 0 Å². The Morgan fingerprint density at radius 2 is 2.28 bits per heavy atom. The number of nitrogens with two attached hydrogens (primary N) is 1. The Kier molecular flexibility index (Phi) is 5.01. The maximum Gasteiger partial charge on any atom is 0.0674 e. The number of rotatable bonds is 4. The van der Waals surface area contributed by atoms with Crippen molar-refractivity contribution < 1.29 is 4.74 Å². The predicted octanol–water partition coefficient (Wildman–Crippen LogP) is 2.45. The molecular weight excluding hydrogens is 248 g/mol. The summed E-state index contributed by atoms with van der Waals surface area (Å²) in [7, 11) is 0. The molecule has 100 valence electrons. The average molecular weight is 269 g/mol. The van der Waals surface area contributed by atoms with Crippen molar-refractivity contribution in [1.82, 2.24) is 4.90 Å². The molecule has 1 aromatic carbocycles. The summed E-state index contributed by atoms with van der Waals surface area (Å²) in [5, 5.41) is 0.764. The highest BCUT2D eigenvalue weighted by Gasteiger charge is 2.18. The molecule has 2 atom stereocenters. The van der Waals surface area contributed by atoms with Gasteiger partial charge in [0.25, 0.3) is 0 Å². The highest BCUT2D eigenvalue weighted by Crippen LogP contribution is 2.23. The van der Waals surface area contributed by atoms with Crippen LogP contribution in [0.5, 0.6) is 0 Å². The van der Waals surface area contributed by atoms with E-state index in [0.29, 0.717) is 6.10 Å². The van der Waals surface area contributed by atoms with Gasteiger partial charge >= 0.3 is 0 Å². The summed E-state index contributed by atoms with van der Waals surface area (Å²) in [4.78, 5) is 2.41. The lowest BCUT2D eigenvalue weighted by atomic mass is 10.0. The van der Waals surface area contributed by atoms with Crippen LogP contribution in [0.1, 0.15) is 24.9 Å². The molecule has 0 saturated carbocycles. The van der Waals surface area contributed by atoms with Crippen LogP contribution in [-0.4, -0.2) is 37.2 Å². The normalized spacial score (nSPS) is 22.9. The van der Waals surface area contributed by atoms with Crippen LogP contribution in [-0.2, 0) is 4.74 Å². The van der Waals surface area contributed by atoms with Crippen LogP contribution < -0.4 is 5.73 Å². The molecule has 18 heavy (non-hydrogen) atoms. The second-order valence-electron chi connectivity index (χ2n) is 4.90. The topological polar surface area (TPSA) is 38.5 Å². The molecule has 4 heteroatoms. The van der Waals surface area contributed by atoms with Crippen LogP contribution >= 0.6 is 11.6 Å². The van der Waals surface area contributed by atoms with Crippen molar-refractivity contribution >= 4 is 11.6 Å². The fourth-order valence-electron chi connectivity index (χ4n) is 2.35. The Morgan fingerprint density at radius 1 is 1.50 bits per heavy atom. The summed E-state index contributed by atoms with van der Waals surface area (Å²) in [6.07, 6.45) is 1.26. The van der Waals surface area contributed by atoms with Gasteiger partial charge in [0, 0.05) is 30.7 Å². The molecule has 1 aliphatic rings. The van der Waals surface area contributed by atoms with E-state index in [2.05, 4.69) is 11.8 Å². The summed E-state index contributed by atoms with van der Waals surface area (Å²) in [6, 6.07) is 7.83. The Balaban J connectivity index is 1.84. The van der Waals surface area contributed by atoms with Gasteiger partial charge in [0.05, 0.1) is 12.7 Å². The van der Waals surface area contributed by atoms with Crippen molar-refractivity contribution in [2.24, 2.45) is 5.73 Å². The van der Waals surface area contributed by atoms with E-state index in [-0.39, 0.29) is 6.04 Å². The summed E-state index contributed by atoms with van der Waals surface area (Å²) >= 11 is 6.15. The van der Waals surface area contributed by atoms with Crippen LogP contribution in [0.3, 0.4) is 0 Å². The molecule has 0 amide bonds. The number of benzene rings is 1. The van der Waals surface area contributed by atoms with Gasteiger partial charge in [-0.1, -0.05) is 29.8 Å². The van der Waals surface area contributed by atoms with E-state index in [1.165, 1.54) is 0 Å². The molecule has 1 aliphatic heterocycles. The molecule has 1 saturated heterocycles. The van der Waals surface area contributed by atoms with Crippen LogP contribution in [0.25, 0.3) is 0 Å². The van der Waals surface area contributed by atoms with E-state index < -0.39 is 0 Å². The smallest absolute Gasteiger partial charge is 0.0674 e. The second kappa shape index (κ2) is 6.53. The lowest BCUT2D eigenvalue weighted by Gasteiger charge is -2.31. The highest BCUT2D eigenvalue weighted by atomic mass is 35.5. The highest BCUT2D eigenvalue weighted by molar-refractivity contribution is 6.31. The van der Waals surface area contributed by atoms with Crippen molar-refractivity contribution in [3.8, 4) is 0 Å². The molecule has 0 bridgehead atoms. The molecule has 2 rings (SSSR count). The lowest BCUT2D eigenvalue weighted by molar-refractivity contribution is -0.0189. The minimum Gasteiger partial charge on any atom is -0.376 e. The van der Waals surface area contributed by atoms with Crippen LogP contribution in [0, 0.1) is 0 Å². The van der Waals surface area contributed by atoms with Gasteiger partial charge in [0.15, 0.2) is 0 Å². The van der Waals surface area contributed by atoms with Gasteiger partial charge in [-0.3, -0.25) is 4.90 Å². The molecule has 1 aromatic rings. The van der Waals surface area contributed by atoms with Gasteiger partial charge in [-0.05, 0) is 25.0 Å². The molecule has 2 unspecified atom stereocenters. The maximum atomic E-state index is 6.21. The molecule has 0 aromatic heterocycles. The van der Waals surface area contributed by atoms with Gasteiger partial charge in [0.2, 0.25) is 0 Å². The number of hydrogen-bond acceptors (Lipinski definition) is 3. The first-order chi connectivity index (χ1) is 8.66. The first kappa shape index (κ1) is 13.8. The third kappa shape index (κ3) is 3.69. The standard InChI is InChI=1S/C14H21ClN2O/c1-11-10-17(8-9-18-11)7-6-14(16)12-4-2-3-5-13(12)15/h2-5,11,14H,6-10,16H2,1H3. The first-order valence-corrected chi connectivity index (χ1v) is 6.88. The Hall–Kier alpha value is -0.610. The lowest BCUT2D eigenvalue weighted by Crippen LogP contribution is -2.42. The van der Waals surface area contributed by atoms with Crippen LogP contribution in [0.2, 0.25) is 5.02 Å². The van der Waals surface area contributed by atoms with E-state index in [0.717, 1.165) is 43.2 Å². The average Bonchev–Trinajstić information content (AvgIpc) is 2.37. The number of halogens is 1. The van der Waals surface area contributed by atoms with Gasteiger partial charge in [0.1, 0.15) is 0 Å². The molecule has 2 N–H and O–H groups in total. The van der Waals surface area contributed by atoms with Gasteiger partial charge in [-0.25, -0.2) is 0 Å². The van der Waals surface area contributed by atoms with E-state index in [4.69, 9.17) is 22.1 Å². The largest absolute Gasteiger partial charge is 0.376 e. The van der Waals surface area contributed by atoms with Gasteiger partial charge in [-0.15, -0.1) is 0 Å². The summed E-state index contributed by atoms with van der Waals surface area (Å²) in [6.45, 7) is 5.93. The van der Waals surface area contributed by atoms with Crippen molar-refractivity contribution in [2.75, 3.05) is 26.2 Å². The molecule has 3 nitrogen and oxygen atoms in total. The van der Waals surface area contributed by atoms with Crippen LogP contribution in [0.4, 0.5) is 0 Å². The van der Waals surface area contributed by atoms with E-state index in [1.807, 2.05) is 24.3 Å². The summed E-state index contributed by atoms with van der Waals surface area (Å²) < 4.78 is 5.52. The zero-order valence-corrected chi connectivity index (χ0v) is 11.6. The fourth-order valence-corrected chi connectivity index (χ4v) is 2.62. The Morgan fingerprint density at radius 3 is 3.00 bits per heavy atom.